The number of carbonyl (C=O) groups excluding carboxylic acids is 1. The predicted octanol–water partition coefficient (Wildman–Crippen LogP) is 2.48. The molecule has 0 N–H and O–H groups in total. The van der Waals surface area contributed by atoms with Gasteiger partial charge in [0.05, 0.1) is 17.2 Å². The van der Waals surface area contributed by atoms with E-state index in [4.69, 9.17) is 10.00 Å². The number of pyridine rings is 1. The molecular formula is C14H10N2O2. The average molecular weight is 238 g/mol. The first-order chi connectivity index (χ1) is 8.69. The van der Waals surface area contributed by atoms with Gasteiger partial charge in [-0.25, -0.2) is 4.79 Å². The third-order valence-corrected chi connectivity index (χ3v) is 2.32. The first kappa shape index (κ1) is 11.8. The van der Waals surface area contributed by atoms with Crippen molar-refractivity contribution >= 4 is 5.97 Å². The molecule has 0 fully saturated rings. The lowest BCUT2D eigenvalue weighted by Gasteiger charge is -2.04. The highest BCUT2D eigenvalue weighted by atomic mass is 16.5. The lowest BCUT2D eigenvalue weighted by atomic mass is 10.2. The number of aromatic nitrogens is 1. The van der Waals surface area contributed by atoms with Crippen LogP contribution in [-0.2, 0) is 0 Å². The highest BCUT2D eigenvalue weighted by Crippen LogP contribution is 2.14. The fourth-order valence-electron chi connectivity index (χ4n) is 1.38. The SMILES string of the molecule is Cc1ccc(C(=O)Oc2cccc(C#N)c2)cn1. The van der Waals surface area contributed by atoms with E-state index in [0.717, 1.165) is 5.69 Å². The molecule has 0 unspecified atom stereocenters. The smallest absolute Gasteiger partial charge is 0.345 e. The summed E-state index contributed by atoms with van der Waals surface area (Å²) in [7, 11) is 0. The summed E-state index contributed by atoms with van der Waals surface area (Å²) in [6, 6.07) is 11.8. The molecule has 0 atom stereocenters. The number of carbonyl (C=O) groups is 1. The molecule has 0 aliphatic rings. The lowest BCUT2D eigenvalue weighted by molar-refractivity contribution is 0.0734. The number of hydrogen-bond donors (Lipinski definition) is 0. The lowest BCUT2D eigenvalue weighted by Crippen LogP contribution is -2.09. The predicted molar refractivity (Wildman–Crippen MR) is 65.1 cm³/mol. The van der Waals surface area contributed by atoms with Crippen LogP contribution >= 0.6 is 0 Å². The largest absolute Gasteiger partial charge is 0.423 e. The molecule has 0 aliphatic heterocycles. The quantitative estimate of drug-likeness (QED) is 0.595. The number of nitrogens with zero attached hydrogens (tertiary/aromatic N) is 2. The minimum Gasteiger partial charge on any atom is -0.423 e. The summed E-state index contributed by atoms with van der Waals surface area (Å²) in [6.07, 6.45) is 1.46. The van der Waals surface area contributed by atoms with E-state index in [2.05, 4.69) is 4.98 Å². The highest BCUT2D eigenvalue weighted by Gasteiger charge is 2.08. The van der Waals surface area contributed by atoms with E-state index >= 15 is 0 Å². The van der Waals surface area contributed by atoms with Crippen LogP contribution in [0.15, 0.2) is 42.6 Å². The van der Waals surface area contributed by atoms with Gasteiger partial charge in [0.2, 0.25) is 0 Å². The molecule has 0 aliphatic carbocycles. The van der Waals surface area contributed by atoms with Gasteiger partial charge in [-0.1, -0.05) is 6.07 Å². The van der Waals surface area contributed by atoms with Crippen LogP contribution in [0.5, 0.6) is 5.75 Å². The van der Waals surface area contributed by atoms with Crippen LogP contribution in [0.2, 0.25) is 0 Å². The minimum atomic E-state index is -0.488. The molecule has 4 heteroatoms. The Kier molecular flexibility index (Phi) is 3.35. The number of rotatable bonds is 2. The molecule has 1 aromatic heterocycles. The van der Waals surface area contributed by atoms with Gasteiger partial charge in [-0.05, 0) is 37.3 Å². The molecule has 0 bridgehead atoms. The maximum absolute atomic E-state index is 11.8. The molecule has 0 radical (unpaired) electrons. The topological polar surface area (TPSA) is 63.0 Å². The summed E-state index contributed by atoms with van der Waals surface area (Å²) in [5, 5.41) is 8.74. The van der Waals surface area contributed by atoms with Gasteiger partial charge in [0, 0.05) is 11.9 Å². The van der Waals surface area contributed by atoms with Crippen molar-refractivity contribution < 1.29 is 9.53 Å². The second-order valence-corrected chi connectivity index (χ2v) is 3.72. The van der Waals surface area contributed by atoms with Crippen LogP contribution in [0.1, 0.15) is 21.6 Å². The van der Waals surface area contributed by atoms with E-state index in [9.17, 15) is 4.79 Å². The summed E-state index contributed by atoms with van der Waals surface area (Å²) in [6.45, 7) is 1.84. The Morgan fingerprint density at radius 3 is 2.83 bits per heavy atom. The van der Waals surface area contributed by atoms with Crippen molar-refractivity contribution in [1.82, 2.24) is 4.98 Å². The van der Waals surface area contributed by atoms with Crippen molar-refractivity contribution in [2.45, 2.75) is 6.92 Å². The molecule has 2 aromatic rings. The Labute approximate surface area is 104 Å². The molecule has 88 valence electrons. The summed E-state index contributed by atoms with van der Waals surface area (Å²) in [5.41, 5.74) is 1.66. The molecule has 0 saturated carbocycles. The Morgan fingerprint density at radius 1 is 1.33 bits per heavy atom. The van der Waals surface area contributed by atoms with Gasteiger partial charge in [-0.3, -0.25) is 4.98 Å². The fraction of sp³-hybridized carbons (Fsp3) is 0.0714. The number of nitriles is 1. The average Bonchev–Trinajstić information content (AvgIpc) is 2.39. The first-order valence-electron chi connectivity index (χ1n) is 5.34. The van der Waals surface area contributed by atoms with Gasteiger partial charge >= 0.3 is 5.97 Å². The van der Waals surface area contributed by atoms with Gasteiger partial charge in [0.25, 0.3) is 0 Å². The first-order valence-corrected chi connectivity index (χ1v) is 5.34. The van der Waals surface area contributed by atoms with Gasteiger partial charge in [-0.15, -0.1) is 0 Å². The molecular weight excluding hydrogens is 228 g/mol. The second kappa shape index (κ2) is 5.11. The molecule has 1 aromatic carbocycles. The zero-order valence-corrected chi connectivity index (χ0v) is 9.75. The third kappa shape index (κ3) is 2.71. The van der Waals surface area contributed by atoms with Crippen molar-refractivity contribution in [2.24, 2.45) is 0 Å². The van der Waals surface area contributed by atoms with Gasteiger partial charge < -0.3 is 4.74 Å². The number of esters is 1. The Morgan fingerprint density at radius 2 is 2.17 bits per heavy atom. The van der Waals surface area contributed by atoms with E-state index in [1.54, 1.807) is 30.3 Å². The number of aryl methyl sites for hydroxylation is 1. The molecule has 2 rings (SSSR count). The maximum Gasteiger partial charge on any atom is 0.345 e. The van der Waals surface area contributed by atoms with E-state index in [1.165, 1.54) is 12.3 Å². The Balaban J connectivity index is 2.16. The van der Waals surface area contributed by atoms with Crippen molar-refractivity contribution in [3.8, 4) is 11.8 Å². The Hall–Kier alpha value is -2.67. The third-order valence-electron chi connectivity index (χ3n) is 2.32. The number of benzene rings is 1. The van der Waals surface area contributed by atoms with Gasteiger partial charge in [-0.2, -0.15) is 5.26 Å². The highest BCUT2D eigenvalue weighted by molar-refractivity contribution is 5.90. The van der Waals surface area contributed by atoms with Crippen molar-refractivity contribution in [2.75, 3.05) is 0 Å². The standard InChI is InChI=1S/C14H10N2O2/c1-10-5-6-12(9-16-10)14(17)18-13-4-2-3-11(7-13)8-15/h2-7,9H,1H3. The minimum absolute atomic E-state index is 0.347. The van der Waals surface area contributed by atoms with E-state index in [0.29, 0.717) is 16.9 Å². The molecule has 4 nitrogen and oxygen atoms in total. The normalized spacial score (nSPS) is 9.56. The van der Waals surface area contributed by atoms with Crippen LogP contribution in [0.4, 0.5) is 0 Å². The second-order valence-electron chi connectivity index (χ2n) is 3.72. The van der Waals surface area contributed by atoms with E-state index < -0.39 is 5.97 Å². The summed E-state index contributed by atoms with van der Waals surface area (Å²) in [5.74, 6) is -0.141. The van der Waals surface area contributed by atoms with Crippen LogP contribution in [0.25, 0.3) is 0 Å². The number of hydrogen-bond acceptors (Lipinski definition) is 4. The zero-order chi connectivity index (χ0) is 13.0. The van der Waals surface area contributed by atoms with Crippen LogP contribution < -0.4 is 4.74 Å². The molecule has 1 heterocycles. The summed E-state index contributed by atoms with van der Waals surface area (Å²) in [4.78, 5) is 15.8. The van der Waals surface area contributed by atoms with Crippen molar-refractivity contribution in [3.63, 3.8) is 0 Å². The van der Waals surface area contributed by atoms with E-state index in [1.807, 2.05) is 13.0 Å². The molecule has 0 amide bonds. The molecule has 0 spiro atoms. The van der Waals surface area contributed by atoms with Crippen molar-refractivity contribution in [3.05, 3.63) is 59.4 Å². The number of ether oxygens (including phenoxy) is 1. The monoisotopic (exact) mass is 238 g/mol. The van der Waals surface area contributed by atoms with Crippen LogP contribution in [0, 0.1) is 18.3 Å². The van der Waals surface area contributed by atoms with Crippen LogP contribution in [0.3, 0.4) is 0 Å². The van der Waals surface area contributed by atoms with Gasteiger partial charge in [0.15, 0.2) is 0 Å². The zero-order valence-electron chi connectivity index (χ0n) is 9.75. The molecule has 18 heavy (non-hydrogen) atoms. The maximum atomic E-state index is 11.8. The molecule has 0 saturated heterocycles. The van der Waals surface area contributed by atoms with Crippen LogP contribution in [-0.4, -0.2) is 11.0 Å². The van der Waals surface area contributed by atoms with Crippen molar-refractivity contribution in [1.29, 1.82) is 5.26 Å². The van der Waals surface area contributed by atoms with Gasteiger partial charge in [0.1, 0.15) is 5.75 Å². The summed E-state index contributed by atoms with van der Waals surface area (Å²) >= 11 is 0. The summed E-state index contributed by atoms with van der Waals surface area (Å²) < 4.78 is 5.15. The van der Waals surface area contributed by atoms with E-state index in [-0.39, 0.29) is 0 Å². The Bertz CT molecular complexity index is 612. The fourth-order valence-corrected chi connectivity index (χ4v) is 1.38.